The Morgan fingerprint density at radius 1 is 1.29 bits per heavy atom. The first kappa shape index (κ1) is 12.6. The molecule has 0 amide bonds. The summed E-state index contributed by atoms with van der Waals surface area (Å²) in [7, 11) is 0. The molecule has 0 spiro atoms. The van der Waals surface area contributed by atoms with Crippen molar-refractivity contribution >= 4 is 23.1 Å². The van der Waals surface area contributed by atoms with Gasteiger partial charge in [0.05, 0.1) is 5.69 Å². The molecule has 0 saturated carbocycles. The van der Waals surface area contributed by atoms with Crippen molar-refractivity contribution in [1.82, 2.24) is 4.98 Å². The van der Waals surface area contributed by atoms with Crippen molar-refractivity contribution in [3.8, 4) is 11.3 Å². The molecule has 0 radical (unpaired) electrons. The van der Waals surface area contributed by atoms with Crippen LogP contribution in [-0.2, 0) is 12.3 Å². The Labute approximate surface area is 110 Å². The third kappa shape index (κ3) is 3.31. The Balaban J connectivity index is 2.12. The first-order valence-electron chi connectivity index (χ1n) is 5.65. The second-order valence-corrected chi connectivity index (χ2v) is 5.88. The zero-order chi connectivity index (χ0) is 12.1. The summed E-state index contributed by atoms with van der Waals surface area (Å²) in [5.74, 6) is 2.15. The molecule has 0 atom stereocenters. The fraction of sp³-hybridized carbons (Fsp3) is 0.308. The SMILES string of the molecule is CCSCc1nc(-c2ccc(CN)cc2)cs1. The highest BCUT2D eigenvalue weighted by Crippen LogP contribution is 2.24. The fourth-order valence-corrected chi connectivity index (χ4v) is 3.06. The predicted octanol–water partition coefficient (Wildman–Crippen LogP) is 3.52. The first-order chi connectivity index (χ1) is 8.33. The molecule has 0 unspecified atom stereocenters. The monoisotopic (exact) mass is 264 g/mol. The van der Waals surface area contributed by atoms with Gasteiger partial charge < -0.3 is 5.73 Å². The molecule has 0 aliphatic heterocycles. The van der Waals surface area contributed by atoms with Crippen LogP contribution in [0.25, 0.3) is 11.3 Å². The van der Waals surface area contributed by atoms with Crippen molar-refractivity contribution in [1.29, 1.82) is 0 Å². The molecule has 0 saturated heterocycles. The molecule has 0 bridgehead atoms. The maximum absolute atomic E-state index is 5.58. The molecule has 1 heterocycles. The second-order valence-electron chi connectivity index (χ2n) is 3.66. The predicted molar refractivity (Wildman–Crippen MR) is 77.3 cm³/mol. The van der Waals surface area contributed by atoms with Gasteiger partial charge in [0.2, 0.25) is 0 Å². The zero-order valence-electron chi connectivity index (χ0n) is 9.85. The summed E-state index contributed by atoms with van der Waals surface area (Å²) < 4.78 is 0. The van der Waals surface area contributed by atoms with Gasteiger partial charge in [0, 0.05) is 23.2 Å². The Morgan fingerprint density at radius 2 is 2.06 bits per heavy atom. The number of rotatable bonds is 5. The van der Waals surface area contributed by atoms with Crippen LogP contribution in [0.4, 0.5) is 0 Å². The van der Waals surface area contributed by atoms with Crippen LogP contribution in [0.3, 0.4) is 0 Å². The standard InChI is InChI=1S/C13H16N2S2/c1-2-16-9-13-15-12(8-17-13)11-5-3-10(7-14)4-6-11/h3-6,8H,2,7,9,14H2,1H3. The van der Waals surface area contributed by atoms with Crippen LogP contribution >= 0.6 is 23.1 Å². The maximum Gasteiger partial charge on any atom is 0.103 e. The van der Waals surface area contributed by atoms with Crippen molar-refractivity contribution in [2.75, 3.05) is 5.75 Å². The average Bonchev–Trinajstić information content (AvgIpc) is 2.85. The smallest absolute Gasteiger partial charge is 0.103 e. The van der Waals surface area contributed by atoms with Crippen LogP contribution in [0.2, 0.25) is 0 Å². The lowest BCUT2D eigenvalue weighted by Crippen LogP contribution is -1.95. The van der Waals surface area contributed by atoms with Crippen molar-refractivity contribution in [2.24, 2.45) is 5.73 Å². The summed E-state index contributed by atoms with van der Waals surface area (Å²) in [4.78, 5) is 4.64. The average molecular weight is 264 g/mol. The van der Waals surface area contributed by atoms with Gasteiger partial charge in [-0.3, -0.25) is 0 Å². The van der Waals surface area contributed by atoms with E-state index >= 15 is 0 Å². The van der Waals surface area contributed by atoms with Gasteiger partial charge in [0.15, 0.2) is 0 Å². The molecule has 1 aromatic carbocycles. The molecule has 1 aromatic heterocycles. The molecule has 2 N–H and O–H groups in total. The number of hydrogen-bond donors (Lipinski definition) is 1. The molecule has 90 valence electrons. The van der Waals surface area contributed by atoms with E-state index < -0.39 is 0 Å². The summed E-state index contributed by atoms with van der Waals surface area (Å²) in [5.41, 5.74) is 8.99. The zero-order valence-corrected chi connectivity index (χ0v) is 11.5. The minimum Gasteiger partial charge on any atom is -0.326 e. The highest BCUT2D eigenvalue weighted by Gasteiger charge is 2.04. The van der Waals surface area contributed by atoms with Crippen molar-refractivity contribution in [3.05, 3.63) is 40.2 Å². The molecule has 2 rings (SSSR count). The number of thioether (sulfide) groups is 1. The van der Waals surface area contributed by atoms with Gasteiger partial charge in [-0.05, 0) is 11.3 Å². The molecule has 0 fully saturated rings. The summed E-state index contributed by atoms with van der Waals surface area (Å²) in [6.07, 6.45) is 0. The Hall–Kier alpha value is -0.840. The van der Waals surface area contributed by atoms with Crippen LogP contribution in [0.15, 0.2) is 29.6 Å². The maximum atomic E-state index is 5.58. The van der Waals surface area contributed by atoms with E-state index in [1.54, 1.807) is 11.3 Å². The van der Waals surface area contributed by atoms with Crippen LogP contribution in [0, 0.1) is 0 Å². The number of benzene rings is 1. The molecule has 0 aliphatic carbocycles. The largest absolute Gasteiger partial charge is 0.326 e. The lowest BCUT2D eigenvalue weighted by atomic mass is 10.1. The molecule has 0 aliphatic rings. The van der Waals surface area contributed by atoms with Gasteiger partial charge >= 0.3 is 0 Å². The summed E-state index contributed by atoms with van der Waals surface area (Å²) in [6, 6.07) is 8.31. The van der Waals surface area contributed by atoms with E-state index in [2.05, 4.69) is 41.6 Å². The van der Waals surface area contributed by atoms with E-state index in [1.807, 2.05) is 11.8 Å². The third-order valence-corrected chi connectivity index (χ3v) is 4.38. The number of nitrogens with two attached hydrogens (primary N) is 1. The van der Waals surface area contributed by atoms with E-state index in [0.29, 0.717) is 6.54 Å². The van der Waals surface area contributed by atoms with Crippen LogP contribution < -0.4 is 5.73 Å². The Bertz CT molecular complexity index is 463. The normalized spacial score (nSPS) is 10.7. The van der Waals surface area contributed by atoms with Gasteiger partial charge in [-0.1, -0.05) is 31.2 Å². The molecule has 2 aromatic rings. The topological polar surface area (TPSA) is 38.9 Å². The minimum absolute atomic E-state index is 0.593. The van der Waals surface area contributed by atoms with Crippen molar-refractivity contribution in [3.63, 3.8) is 0 Å². The Morgan fingerprint density at radius 3 is 2.71 bits per heavy atom. The second kappa shape index (κ2) is 6.19. The van der Waals surface area contributed by atoms with Gasteiger partial charge in [0.1, 0.15) is 5.01 Å². The minimum atomic E-state index is 0.593. The highest BCUT2D eigenvalue weighted by molar-refractivity contribution is 7.98. The van der Waals surface area contributed by atoms with Crippen LogP contribution in [0.5, 0.6) is 0 Å². The summed E-state index contributed by atoms with van der Waals surface area (Å²) in [6.45, 7) is 2.76. The molecule has 4 heteroatoms. The highest BCUT2D eigenvalue weighted by atomic mass is 32.2. The van der Waals surface area contributed by atoms with Gasteiger partial charge in [-0.2, -0.15) is 11.8 Å². The van der Waals surface area contributed by atoms with E-state index in [9.17, 15) is 0 Å². The van der Waals surface area contributed by atoms with Gasteiger partial charge in [0.25, 0.3) is 0 Å². The van der Waals surface area contributed by atoms with E-state index in [0.717, 1.165) is 22.8 Å². The van der Waals surface area contributed by atoms with Crippen LogP contribution in [0.1, 0.15) is 17.5 Å². The molecular weight excluding hydrogens is 248 g/mol. The summed E-state index contributed by atoms with van der Waals surface area (Å²) in [5, 5.41) is 3.33. The number of aromatic nitrogens is 1. The molecule has 17 heavy (non-hydrogen) atoms. The van der Waals surface area contributed by atoms with E-state index in [4.69, 9.17) is 5.73 Å². The first-order valence-corrected chi connectivity index (χ1v) is 7.68. The molecule has 2 nitrogen and oxygen atoms in total. The number of thiazole rings is 1. The van der Waals surface area contributed by atoms with E-state index in [1.165, 1.54) is 10.6 Å². The van der Waals surface area contributed by atoms with Crippen LogP contribution in [-0.4, -0.2) is 10.7 Å². The van der Waals surface area contributed by atoms with Crippen molar-refractivity contribution in [2.45, 2.75) is 19.2 Å². The van der Waals surface area contributed by atoms with Gasteiger partial charge in [-0.25, -0.2) is 4.98 Å². The van der Waals surface area contributed by atoms with Crippen molar-refractivity contribution < 1.29 is 0 Å². The third-order valence-electron chi connectivity index (χ3n) is 2.47. The lowest BCUT2D eigenvalue weighted by Gasteiger charge is -1.99. The number of nitrogens with zero attached hydrogens (tertiary/aromatic N) is 1. The van der Waals surface area contributed by atoms with E-state index in [-0.39, 0.29) is 0 Å². The van der Waals surface area contributed by atoms with Gasteiger partial charge in [-0.15, -0.1) is 11.3 Å². The number of hydrogen-bond acceptors (Lipinski definition) is 4. The molecular formula is C13H16N2S2. The summed E-state index contributed by atoms with van der Waals surface area (Å²) >= 11 is 3.64. The lowest BCUT2D eigenvalue weighted by molar-refractivity contribution is 1.07. The Kier molecular flexibility index (Phi) is 4.59. The quantitative estimate of drug-likeness (QED) is 0.898. The fourth-order valence-electron chi connectivity index (χ4n) is 1.51.